The molecule has 1 aromatic heterocycles. The minimum absolute atomic E-state index is 0.176. The van der Waals surface area contributed by atoms with Crippen LogP contribution >= 0.6 is 0 Å². The topological polar surface area (TPSA) is 67.6 Å². The number of aromatic nitrogens is 1. The normalized spacial score (nSPS) is 22.2. The van der Waals surface area contributed by atoms with Gasteiger partial charge in [0, 0.05) is 31.2 Å². The average Bonchev–Trinajstić information content (AvgIpc) is 3.16. The number of benzene rings is 1. The van der Waals surface area contributed by atoms with E-state index in [0.717, 1.165) is 38.1 Å². The smallest absolute Gasteiger partial charge is 0.276 e. The van der Waals surface area contributed by atoms with Crippen molar-refractivity contribution in [3.05, 3.63) is 47.4 Å². The molecule has 0 saturated carbocycles. The van der Waals surface area contributed by atoms with E-state index in [-0.39, 0.29) is 36.1 Å². The first-order valence-electron chi connectivity index (χ1n) is 8.19. The minimum Gasteiger partial charge on any atom is -0.479 e. The van der Waals surface area contributed by atoms with Gasteiger partial charge in [-0.2, -0.15) is 0 Å². The van der Waals surface area contributed by atoms with E-state index in [0.29, 0.717) is 0 Å². The quantitative estimate of drug-likeness (QED) is 0.916. The van der Waals surface area contributed by atoms with Gasteiger partial charge in [-0.05, 0) is 25.0 Å². The van der Waals surface area contributed by atoms with Crippen LogP contribution in [0.5, 0.6) is 5.75 Å². The Morgan fingerprint density at radius 3 is 2.64 bits per heavy atom. The fourth-order valence-electron chi connectivity index (χ4n) is 3.49. The summed E-state index contributed by atoms with van der Waals surface area (Å²) in [6.45, 7) is 1.35. The third kappa shape index (κ3) is 2.97. The van der Waals surface area contributed by atoms with Crippen LogP contribution in [0.1, 0.15) is 29.1 Å². The summed E-state index contributed by atoms with van der Waals surface area (Å²) < 4.78 is 37.3. The predicted molar refractivity (Wildman–Crippen MR) is 83.0 cm³/mol. The Bertz CT molecular complexity index is 759. The van der Waals surface area contributed by atoms with Gasteiger partial charge in [-0.1, -0.05) is 11.2 Å². The second-order valence-electron chi connectivity index (χ2n) is 6.27. The maximum atomic E-state index is 13.5. The van der Waals surface area contributed by atoms with Gasteiger partial charge in [0.05, 0.1) is 0 Å². The number of para-hydroxylation sites is 1. The van der Waals surface area contributed by atoms with Gasteiger partial charge in [0.25, 0.3) is 5.91 Å². The zero-order valence-electron chi connectivity index (χ0n) is 13.4. The lowest BCUT2D eigenvalue weighted by molar-refractivity contribution is 0.0608. The van der Waals surface area contributed by atoms with Crippen molar-refractivity contribution in [1.82, 2.24) is 15.4 Å². The van der Waals surface area contributed by atoms with Gasteiger partial charge in [0.2, 0.25) is 0 Å². The molecule has 2 aliphatic heterocycles. The van der Waals surface area contributed by atoms with Crippen molar-refractivity contribution in [3.63, 3.8) is 0 Å². The molecule has 8 heteroatoms. The molecule has 1 amide bonds. The van der Waals surface area contributed by atoms with Crippen LogP contribution in [0, 0.1) is 11.6 Å². The van der Waals surface area contributed by atoms with Gasteiger partial charge in [0.15, 0.2) is 28.8 Å². The number of hydrogen-bond donors (Lipinski definition) is 1. The van der Waals surface area contributed by atoms with Crippen molar-refractivity contribution in [2.45, 2.75) is 31.5 Å². The second-order valence-corrected chi connectivity index (χ2v) is 6.27. The van der Waals surface area contributed by atoms with E-state index in [1.54, 1.807) is 0 Å². The number of halogens is 2. The minimum atomic E-state index is -0.798. The molecule has 2 saturated heterocycles. The molecule has 3 heterocycles. The molecule has 2 aromatic rings. The maximum absolute atomic E-state index is 13.5. The number of ether oxygens (including phenoxy) is 1. The van der Waals surface area contributed by atoms with Crippen LogP contribution in [0.25, 0.3) is 0 Å². The Morgan fingerprint density at radius 2 is 1.96 bits per heavy atom. The maximum Gasteiger partial charge on any atom is 0.276 e. The van der Waals surface area contributed by atoms with Gasteiger partial charge >= 0.3 is 0 Å². The van der Waals surface area contributed by atoms with Crippen LogP contribution in [0.3, 0.4) is 0 Å². The summed E-state index contributed by atoms with van der Waals surface area (Å²) in [7, 11) is 0. The van der Waals surface area contributed by atoms with Gasteiger partial charge < -0.3 is 19.5 Å². The Kier molecular flexibility index (Phi) is 4.12. The third-order valence-corrected chi connectivity index (χ3v) is 4.67. The first-order valence-corrected chi connectivity index (χ1v) is 8.19. The van der Waals surface area contributed by atoms with Crippen LogP contribution < -0.4 is 10.1 Å². The number of piperazine rings is 1. The van der Waals surface area contributed by atoms with E-state index in [1.165, 1.54) is 12.1 Å². The molecule has 4 rings (SSSR count). The van der Waals surface area contributed by atoms with E-state index in [9.17, 15) is 13.6 Å². The monoisotopic (exact) mass is 349 g/mol. The van der Waals surface area contributed by atoms with E-state index in [4.69, 9.17) is 9.26 Å². The van der Waals surface area contributed by atoms with E-state index in [1.807, 2.05) is 4.90 Å². The zero-order valence-corrected chi connectivity index (χ0v) is 13.4. The summed E-state index contributed by atoms with van der Waals surface area (Å²) in [6.07, 6.45) is 1.95. The van der Waals surface area contributed by atoms with Crippen molar-refractivity contribution < 1.29 is 22.8 Å². The number of carbonyl (C=O) groups is 1. The Hall–Kier alpha value is -2.48. The average molecular weight is 349 g/mol. The Labute approximate surface area is 142 Å². The lowest BCUT2D eigenvalue weighted by Gasteiger charge is -2.34. The number of nitrogens with zero attached hydrogens (tertiary/aromatic N) is 2. The highest BCUT2D eigenvalue weighted by Gasteiger charge is 2.40. The van der Waals surface area contributed by atoms with Crippen LogP contribution in [0.15, 0.2) is 28.8 Å². The Balaban J connectivity index is 1.45. The lowest BCUT2D eigenvalue weighted by atomic mass is 10.2. The fourth-order valence-corrected chi connectivity index (χ4v) is 3.49. The van der Waals surface area contributed by atoms with Crippen molar-refractivity contribution in [3.8, 4) is 5.75 Å². The molecule has 2 aliphatic rings. The highest BCUT2D eigenvalue weighted by atomic mass is 19.1. The molecule has 0 aliphatic carbocycles. The van der Waals surface area contributed by atoms with Gasteiger partial charge in [-0.15, -0.1) is 0 Å². The molecule has 25 heavy (non-hydrogen) atoms. The first kappa shape index (κ1) is 16.0. The van der Waals surface area contributed by atoms with Crippen LogP contribution in [0.2, 0.25) is 0 Å². The predicted octanol–water partition coefficient (Wildman–Crippen LogP) is 2.11. The first-order chi connectivity index (χ1) is 12.1. The summed E-state index contributed by atoms with van der Waals surface area (Å²) in [5, 5.41) is 7.10. The molecule has 2 bridgehead atoms. The lowest BCUT2D eigenvalue weighted by Crippen LogP contribution is -2.54. The van der Waals surface area contributed by atoms with Crippen LogP contribution in [-0.2, 0) is 6.61 Å². The molecule has 2 atom stereocenters. The SMILES string of the molecule is O=C(c1cc(COc2c(F)cccc2F)on1)N1[C@@H]2CC[C@H]1CNC2. The molecular weight excluding hydrogens is 332 g/mol. The molecule has 1 aromatic carbocycles. The fraction of sp³-hybridized carbons (Fsp3) is 0.412. The molecule has 6 nitrogen and oxygen atoms in total. The molecule has 1 N–H and O–H groups in total. The summed E-state index contributed by atoms with van der Waals surface area (Å²) in [6, 6.07) is 5.28. The summed E-state index contributed by atoms with van der Waals surface area (Å²) in [5.41, 5.74) is 0.186. The number of rotatable bonds is 4. The number of hydrogen-bond acceptors (Lipinski definition) is 5. The summed E-state index contributed by atoms with van der Waals surface area (Å²) in [5.74, 6) is -2.03. The van der Waals surface area contributed by atoms with Gasteiger partial charge in [0.1, 0.15) is 6.61 Å². The van der Waals surface area contributed by atoms with Gasteiger partial charge in [-0.3, -0.25) is 4.79 Å². The van der Waals surface area contributed by atoms with Crippen molar-refractivity contribution in [1.29, 1.82) is 0 Å². The summed E-state index contributed by atoms with van der Waals surface area (Å²) in [4.78, 5) is 14.5. The van der Waals surface area contributed by atoms with E-state index in [2.05, 4.69) is 10.5 Å². The number of fused-ring (bicyclic) bond motifs is 2. The molecule has 0 unspecified atom stereocenters. The largest absolute Gasteiger partial charge is 0.479 e. The third-order valence-electron chi connectivity index (χ3n) is 4.67. The van der Waals surface area contributed by atoms with E-state index < -0.39 is 17.4 Å². The van der Waals surface area contributed by atoms with Crippen LogP contribution in [0.4, 0.5) is 8.78 Å². The summed E-state index contributed by atoms with van der Waals surface area (Å²) >= 11 is 0. The van der Waals surface area contributed by atoms with E-state index >= 15 is 0 Å². The Morgan fingerprint density at radius 1 is 1.28 bits per heavy atom. The molecule has 132 valence electrons. The standard InChI is InChI=1S/C17H17F2N3O3/c18-13-2-1-3-14(19)16(13)24-9-12-6-15(21-25-12)17(23)22-10-4-5-11(22)8-20-7-10/h1-3,6,10-11,20H,4-5,7-9H2/t10-,11+. The number of nitrogens with one attached hydrogen (secondary N) is 1. The molecular formula is C17H17F2N3O3. The molecule has 0 spiro atoms. The van der Waals surface area contributed by atoms with Crippen LogP contribution in [-0.4, -0.2) is 41.1 Å². The number of amides is 1. The van der Waals surface area contributed by atoms with Crippen molar-refractivity contribution in [2.75, 3.05) is 13.1 Å². The highest BCUT2D eigenvalue weighted by molar-refractivity contribution is 5.93. The van der Waals surface area contributed by atoms with Crippen molar-refractivity contribution in [2.24, 2.45) is 0 Å². The molecule has 0 radical (unpaired) electrons. The highest BCUT2D eigenvalue weighted by Crippen LogP contribution is 2.28. The number of carbonyl (C=O) groups excluding carboxylic acids is 1. The van der Waals surface area contributed by atoms with Crippen molar-refractivity contribution >= 4 is 5.91 Å². The van der Waals surface area contributed by atoms with Gasteiger partial charge in [-0.25, -0.2) is 8.78 Å². The zero-order chi connectivity index (χ0) is 17.4. The second kappa shape index (κ2) is 6.44. The molecule has 2 fully saturated rings.